The van der Waals surface area contributed by atoms with Crippen molar-refractivity contribution in [3.8, 4) is 0 Å². The Morgan fingerprint density at radius 3 is 2.38 bits per heavy atom. The Labute approximate surface area is 191 Å². The molecular formula is C24H23N3O3S2. The molecule has 1 aromatic heterocycles. The quantitative estimate of drug-likeness (QED) is 0.442. The molecule has 32 heavy (non-hydrogen) atoms. The average molecular weight is 466 g/mol. The number of carbonyl (C=O) groups is 1. The normalized spacial score (nSPS) is 12.6. The van der Waals surface area contributed by atoms with Crippen LogP contribution in [0, 0.1) is 6.92 Å². The molecule has 4 aromatic rings. The third kappa shape index (κ3) is 4.88. The molecule has 1 unspecified atom stereocenters. The highest BCUT2D eigenvalue weighted by Gasteiger charge is 2.29. The largest absolute Gasteiger partial charge is 0.340 e. The Hall–Kier alpha value is -3.07. The average Bonchev–Trinajstić information content (AvgIpc) is 3.17. The van der Waals surface area contributed by atoms with E-state index in [0.29, 0.717) is 12.1 Å². The van der Waals surface area contributed by atoms with Gasteiger partial charge in [0, 0.05) is 13.6 Å². The lowest BCUT2D eigenvalue weighted by molar-refractivity contribution is -0.132. The van der Waals surface area contributed by atoms with Crippen molar-refractivity contribution in [1.29, 1.82) is 0 Å². The van der Waals surface area contributed by atoms with Crippen LogP contribution in [0.2, 0.25) is 0 Å². The first-order chi connectivity index (χ1) is 15.3. The third-order valence-electron chi connectivity index (χ3n) is 5.07. The summed E-state index contributed by atoms with van der Waals surface area (Å²) in [6.45, 7) is 2.25. The molecule has 0 bridgehead atoms. The van der Waals surface area contributed by atoms with Gasteiger partial charge in [0.1, 0.15) is 6.04 Å². The van der Waals surface area contributed by atoms with E-state index in [0.717, 1.165) is 20.8 Å². The molecule has 4 rings (SSSR count). The van der Waals surface area contributed by atoms with Gasteiger partial charge < -0.3 is 4.90 Å². The predicted molar refractivity (Wildman–Crippen MR) is 127 cm³/mol. The van der Waals surface area contributed by atoms with E-state index in [9.17, 15) is 13.2 Å². The number of thiazole rings is 1. The Morgan fingerprint density at radius 1 is 1.03 bits per heavy atom. The minimum atomic E-state index is -3.96. The fraction of sp³-hybridized carbons (Fsp3) is 0.167. The number of rotatable bonds is 7. The van der Waals surface area contributed by atoms with Crippen molar-refractivity contribution < 1.29 is 13.2 Å². The smallest absolute Gasteiger partial charge is 0.245 e. The molecule has 0 spiro atoms. The summed E-state index contributed by atoms with van der Waals surface area (Å²) < 4.78 is 29.9. The summed E-state index contributed by atoms with van der Waals surface area (Å²) in [6.07, 6.45) is 0. The van der Waals surface area contributed by atoms with Crippen LogP contribution in [0.25, 0.3) is 10.2 Å². The molecular weight excluding hydrogens is 442 g/mol. The second-order valence-corrected chi connectivity index (χ2v) is 10.5. The van der Waals surface area contributed by atoms with E-state index in [1.807, 2.05) is 43.3 Å². The van der Waals surface area contributed by atoms with E-state index in [1.165, 1.54) is 22.3 Å². The van der Waals surface area contributed by atoms with Crippen molar-refractivity contribution in [2.24, 2.45) is 0 Å². The molecule has 0 radical (unpaired) electrons. The number of likely N-dealkylation sites (N-methyl/N-ethyl adjacent to an activating group) is 1. The first kappa shape index (κ1) is 22.1. The van der Waals surface area contributed by atoms with Gasteiger partial charge in [0.15, 0.2) is 0 Å². The highest BCUT2D eigenvalue weighted by atomic mass is 32.2. The topological polar surface area (TPSA) is 79.4 Å². The van der Waals surface area contributed by atoms with E-state index in [2.05, 4.69) is 9.71 Å². The van der Waals surface area contributed by atoms with Gasteiger partial charge in [-0.05, 0) is 36.2 Å². The van der Waals surface area contributed by atoms with Crippen LogP contribution >= 0.6 is 11.3 Å². The second kappa shape index (κ2) is 9.20. The van der Waals surface area contributed by atoms with Gasteiger partial charge in [-0.1, -0.05) is 60.7 Å². The number of hydrogen-bond donors (Lipinski definition) is 1. The summed E-state index contributed by atoms with van der Waals surface area (Å²) in [5.41, 5.74) is 2.30. The molecule has 6 nitrogen and oxygen atoms in total. The van der Waals surface area contributed by atoms with Crippen molar-refractivity contribution in [1.82, 2.24) is 14.6 Å². The van der Waals surface area contributed by atoms with Crippen molar-refractivity contribution in [3.05, 3.63) is 95.0 Å². The van der Waals surface area contributed by atoms with Crippen LogP contribution in [-0.2, 0) is 21.4 Å². The number of nitrogens with one attached hydrogen (secondary N) is 1. The molecule has 0 saturated carbocycles. The number of aromatic nitrogens is 1. The zero-order valence-corrected chi connectivity index (χ0v) is 19.4. The van der Waals surface area contributed by atoms with Gasteiger partial charge in [-0.3, -0.25) is 4.79 Å². The SMILES string of the molecule is Cc1nc2ccc(S(=O)(=O)NC(C(=O)N(C)Cc3ccccc3)c3ccccc3)cc2s1. The molecule has 0 aliphatic heterocycles. The predicted octanol–water partition coefficient (Wildman–Crippen LogP) is 4.28. The number of fused-ring (bicyclic) bond motifs is 1. The monoisotopic (exact) mass is 465 g/mol. The van der Waals surface area contributed by atoms with Gasteiger partial charge in [-0.25, -0.2) is 13.4 Å². The number of amides is 1. The molecule has 1 N–H and O–H groups in total. The molecule has 1 heterocycles. The zero-order chi connectivity index (χ0) is 22.7. The highest BCUT2D eigenvalue weighted by Crippen LogP contribution is 2.26. The van der Waals surface area contributed by atoms with Gasteiger partial charge in [-0.2, -0.15) is 4.72 Å². The molecule has 0 saturated heterocycles. The maximum Gasteiger partial charge on any atom is 0.245 e. The second-order valence-electron chi connectivity index (χ2n) is 7.51. The van der Waals surface area contributed by atoms with E-state index < -0.39 is 16.1 Å². The lowest BCUT2D eigenvalue weighted by atomic mass is 10.1. The summed E-state index contributed by atoms with van der Waals surface area (Å²) in [5, 5.41) is 0.863. The van der Waals surface area contributed by atoms with Crippen LogP contribution in [-0.4, -0.2) is 31.3 Å². The lowest BCUT2D eigenvalue weighted by Gasteiger charge is -2.25. The van der Waals surface area contributed by atoms with Crippen LogP contribution in [0.5, 0.6) is 0 Å². The Morgan fingerprint density at radius 2 is 1.69 bits per heavy atom. The molecule has 164 valence electrons. The molecule has 8 heteroatoms. The van der Waals surface area contributed by atoms with Gasteiger partial charge in [0.25, 0.3) is 0 Å². The fourth-order valence-electron chi connectivity index (χ4n) is 3.47. The Balaban J connectivity index is 1.64. The first-order valence-corrected chi connectivity index (χ1v) is 12.4. The Bertz CT molecular complexity index is 1340. The van der Waals surface area contributed by atoms with Crippen LogP contribution in [0.4, 0.5) is 0 Å². The third-order valence-corrected chi connectivity index (χ3v) is 7.42. The number of benzene rings is 3. The van der Waals surface area contributed by atoms with Crippen LogP contribution in [0.15, 0.2) is 83.8 Å². The van der Waals surface area contributed by atoms with Crippen LogP contribution in [0.3, 0.4) is 0 Å². The van der Waals surface area contributed by atoms with E-state index in [1.54, 1.807) is 43.4 Å². The van der Waals surface area contributed by atoms with E-state index in [4.69, 9.17) is 0 Å². The summed E-state index contributed by atoms with van der Waals surface area (Å²) in [5.74, 6) is -0.335. The molecule has 0 fully saturated rings. The summed E-state index contributed by atoms with van der Waals surface area (Å²) in [4.78, 5) is 19.4. The molecule has 1 amide bonds. The van der Waals surface area contributed by atoms with Gasteiger partial charge in [0.05, 0.1) is 20.1 Å². The van der Waals surface area contributed by atoms with Crippen molar-refractivity contribution in [3.63, 3.8) is 0 Å². The van der Waals surface area contributed by atoms with Crippen molar-refractivity contribution >= 4 is 37.5 Å². The van der Waals surface area contributed by atoms with Crippen molar-refractivity contribution in [2.45, 2.75) is 24.4 Å². The van der Waals surface area contributed by atoms with Crippen LogP contribution < -0.4 is 4.72 Å². The molecule has 1 atom stereocenters. The van der Waals surface area contributed by atoms with Gasteiger partial charge in [-0.15, -0.1) is 11.3 Å². The number of nitrogens with zero attached hydrogens (tertiary/aromatic N) is 2. The molecule has 0 aliphatic rings. The zero-order valence-electron chi connectivity index (χ0n) is 17.7. The minimum absolute atomic E-state index is 0.105. The Kier molecular flexibility index (Phi) is 6.36. The number of hydrogen-bond acceptors (Lipinski definition) is 5. The number of sulfonamides is 1. The first-order valence-electron chi connectivity index (χ1n) is 10.1. The maximum absolute atomic E-state index is 13.4. The van der Waals surface area contributed by atoms with E-state index >= 15 is 0 Å². The lowest BCUT2D eigenvalue weighted by Crippen LogP contribution is -2.41. The number of aryl methyl sites for hydroxylation is 1. The van der Waals surface area contributed by atoms with Crippen LogP contribution in [0.1, 0.15) is 22.2 Å². The minimum Gasteiger partial charge on any atom is -0.340 e. The highest BCUT2D eigenvalue weighted by molar-refractivity contribution is 7.89. The number of carbonyl (C=O) groups excluding carboxylic acids is 1. The molecule has 3 aromatic carbocycles. The van der Waals surface area contributed by atoms with Crippen molar-refractivity contribution in [2.75, 3.05) is 7.05 Å². The summed E-state index contributed by atoms with van der Waals surface area (Å²) in [7, 11) is -2.29. The summed E-state index contributed by atoms with van der Waals surface area (Å²) >= 11 is 1.43. The fourth-order valence-corrected chi connectivity index (χ4v) is 5.62. The van der Waals surface area contributed by atoms with Gasteiger partial charge >= 0.3 is 0 Å². The summed E-state index contributed by atoms with van der Waals surface area (Å²) in [6, 6.07) is 22.2. The van der Waals surface area contributed by atoms with E-state index in [-0.39, 0.29) is 10.8 Å². The van der Waals surface area contributed by atoms with Gasteiger partial charge in [0.2, 0.25) is 15.9 Å². The molecule has 0 aliphatic carbocycles. The maximum atomic E-state index is 13.4. The standard InChI is InChI=1S/C24H23N3O3S2/c1-17-25-21-14-13-20(15-22(21)31-17)32(29,30)26-23(19-11-7-4-8-12-19)24(28)27(2)16-18-9-5-3-6-10-18/h3-15,23,26H,16H2,1-2H3.